The Kier molecular flexibility index (Phi) is 12.8. The van der Waals surface area contributed by atoms with Crippen molar-refractivity contribution in [1.82, 2.24) is 0 Å². The minimum Gasteiger partial charge on any atom is -0.481 e. The van der Waals surface area contributed by atoms with Gasteiger partial charge in [-0.25, -0.2) is 0 Å². The molecule has 19 heavy (non-hydrogen) atoms. The first-order chi connectivity index (χ1) is 9.18. The Balaban J connectivity index is 3.25. The summed E-state index contributed by atoms with van der Waals surface area (Å²) in [7, 11) is 0. The second-order valence-electron chi connectivity index (χ2n) is 5.36. The van der Waals surface area contributed by atoms with E-state index in [2.05, 4.69) is 18.8 Å². The van der Waals surface area contributed by atoms with E-state index >= 15 is 0 Å². The highest BCUT2D eigenvalue weighted by Gasteiger charge is 2.08. The van der Waals surface area contributed by atoms with E-state index in [9.17, 15) is 4.79 Å². The van der Waals surface area contributed by atoms with Gasteiger partial charge < -0.3 is 5.11 Å². The molecule has 0 radical (unpaired) electrons. The number of unbranched alkanes of at least 4 members (excludes halogenated alkanes) is 8. The molecule has 0 aromatic rings. The lowest BCUT2D eigenvalue weighted by atomic mass is 10.0. The molecular formula is C17H30O2. The van der Waals surface area contributed by atoms with E-state index in [0.29, 0.717) is 0 Å². The first kappa shape index (κ1) is 18.0. The van der Waals surface area contributed by atoms with E-state index in [1.807, 2.05) is 0 Å². The van der Waals surface area contributed by atoms with Gasteiger partial charge in [0.2, 0.25) is 0 Å². The molecule has 0 aromatic heterocycles. The number of carboxylic acid groups (broad SMARTS) is 1. The minimum absolute atomic E-state index is 0.232. The molecule has 2 heteroatoms. The van der Waals surface area contributed by atoms with Crippen LogP contribution in [-0.4, -0.2) is 11.1 Å². The van der Waals surface area contributed by atoms with Gasteiger partial charge in [0.1, 0.15) is 0 Å². The lowest BCUT2D eigenvalue weighted by Crippen LogP contribution is -2.08. The lowest BCUT2D eigenvalue weighted by Gasteiger charge is -2.02. The average molecular weight is 266 g/mol. The first-order valence-corrected chi connectivity index (χ1v) is 7.87. The van der Waals surface area contributed by atoms with Crippen molar-refractivity contribution in [3.63, 3.8) is 0 Å². The predicted octanol–water partition coefficient (Wildman–Crippen LogP) is 5.02. The molecule has 0 fully saturated rings. The van der Waals surface area contributed by atoms with Crippen LogP contribution in [0.4, 0.5) is 0 Å². The smallest absolute Gasteiger partial charge is 0.306 e. The Hall–Kier alpha value is -0.970. The van der Waals surface area contributed by atoms with Crippen LogP contribution in [0.25, 0.3) is 0 Å². The molecule has 0 aliphatic rings. The number of aliphatic carboxylic acids is 1. The van der Waals surface area contributed by atoms with Gasteiger partial charge in [-0.1, -0.05) is 52.4 Å². The van der Waals surface area contributed by atoms with E-state index < -0.39 is 5.97 Å². The van der Waals surface area contributed by atoms with Gasteiger partial charge in [-0.3, -0.25) is 4.79 Å². The zero-order chi connectivity index (χ0) is 14.3. The molecule has 0 aromatic carbocycles. The third-order valence-corrected chi connectivity index (χ3v) is 3.39. The summed E-state index contributed by atoms with van der Waals surface area (Å²) in [6.45, 7) is 4.00. The number of hydrogen-bond acceptors (Lipinski definition) is 1. The van der Waals surface area contributed by atoms with Crippen LogP contribution in [0.2, 0.25) is 0 Å². The van der Waals surface area contributed by atoms with Crippen LogP contribution >= 0.6 is 0 Å². The van der Waals surface area contributed by atoms with Crippen molar-refractivity contribution in [2.45, 2.75) is 84.5 Å². The quantitative estimate of drug-likeness (QED) is 0.421. The normalized spacial score (nSPS) is 11.7. The molecule has 0 heterocycles. The molecule has 0 bridgehead atoms. The van der Waals surface area contributed by atoms with Gasteiger partial charge >= 0.3 is 5.97 Å². The third-order valence-electron chi connectivity index (χ3n) is 3.39. The van der Waals surface area contributed by atoms with Crippen LogP contribution in [-0.2, 0) is 4.79 Å². The average Bonchev–Trinajstić information content (AvgIpc) is 2.39. The minimum atomic E-state index is -0.698. The van der Waals surface area contributed by atoms with Gasteiger partial charge in [-0.05, 0) is 19.3 Å². The molecule has 0 spiro atoms. The maximum absolute atomic E-state index is 10.6. The molecule has 110 valence electrons. The van der Waals surface area contributed by atoms with Crippen molar-refractivity contribution in [2.75, 3.05) is 0 Å². The molecule has 0 aliphatic heterocycles. The van der Waals surface area contributed by atoms with Crippen molar-refractivity contribution in [3.05, 3.63) is 0 Å². The number of carboxylic acids is 1. The third kappa shape index (κ3) is 13.3. The second kappa shape index (κ2) is 13.5. The monoisotopic (exact) mass is 266 g/mol. The van der Waals surface area contributed by atoms with E-state index in [1.165, 1.54) is 44.9 Å². The maximum Gasteiger partial charge on any atom is 0.306 e. The Bertz CT molecular complexity index is 273. The molecule has 1 atom stereocenters. The maximum atomic E-state index is 10.6. The van der Waals surface area contributed by atoms with Crippen LogP contribution in [0, 0.1) is 17.8 Å². The van der Waals surface area contributed by atoms with E-state index in [-0.39, 0.29) is 5.92 Å². The fourth-order valence-electron chi connectivity index (χ4n) is 1.97. The zero-order valence-electron chi connectivity index (χ0n) is 12.7. The van der Waals surface area contributed by atoms with E-state index in [1.54, 1.807) is 6.92 Å². The lowest BCUT2D eigenvalue weighted by molar-refractivity contribution is -0.141. The topological polar surface area (TPSA) is 37.3 Å². The summed E-state index contributed by atoms with van der Waals surface area (Å²) in [6, 6.07) is 0. The van der Waals surface area contributed by atoms with Crippen LogP contribution in [0.3, 0.4) is 0 Å². The summed E-state index contributed by atoms with van der Waals surface area (Å²) in [6.07, 6.45) is 12.8. The Morgan fingerprint density at radius 1 is 0.947 bits per heavy atom. The highest BCUT2D eigenvalue weighted by molar-refractivity contribution is 5.69. The molecular weight excluding hydrogens is 236 g/mol. The standard InChI is InChI=1S/C17H30O2/c1-3-4-5-6-7-8-9-10-11-12-13-14-15-16(2)17(18)19/h16H,3-10,13-15H2,1-2H3,(H,18,19). The first-order valence-electron chi connectivity index (χ1n) is 7.87. The fourth-order valence-corrected chi connectivity index (χ4v) is 1.97. The van der Waals surface area contributed by atoms with Gasteiger partial charge in [-0.15, -0.1) is 11.8 Å². The van der Waals surface area contributed by atoms with E-state index in [4.69, 9.17) is 5.11 Å². The second-order valence-corrected chi connectivity index (χ2v) is 5.36. The predicted molar refractivity (Wildman–Crippen MR) is 81.0 cm³/mol. The van der Waals surface area contributed by atoms with Crippen LogP contribution < -0.4 is 0 Å². The number of rotatable bonds is 11. The van der Waals surface area contributed by atoms with Gasteiger partial charge in [-0.2, -0.15) is 0 Å². The van der Waals surface area contributed by atoms with Crippen molar-refractivity contribution < 1.29 is 9.90 Å². The summed E-state index contributed by atoms with van der Waals surface area (Å²) in [5, 5.41) is 8.72. The fraction of sp³-hybridized carbons (Fsp3) is 0.824. The van der Waals surface area contributed by atoms with Gasteiger partial charge in [0.25, 0.3) is 0 Å². The van der Waals surface area contributed by atoms with Crippen molar-refractivity contribution in [1.29, 1.82) is 0 Å². The van der Waals surface area contributed by atoms with Gasteiger partial charge in [0.15, 0.2) is 0 Å². The summed E-state index contributed by atoms with van der Waals surface area (Å²) in [4.78, 5) is 10.6. The SMILES string of the molecule is CCCCCCCCCC#CCCCC(C)C(=O)O. The number of carbonyl (C=O) groups is 1. The van der Waals surface area contributed by atoms with Gasteiger partial charge in [0, 0.05) is 12.8 Å². The highest BCUT2D eigenvalue weighted by atomic mass is 16.4. The van der Waals surface area contributed by atoms with Crippen LogP contribution in [0.1, 0.15) is 84.5 Å². The van der Waals surface area contributed by atoms with Crippen molar-refractivity contribution >= 4 is 5.97 Å². The van der Waals surface area contributed by atoms with E-state index in [0.717, 1.165) is 25.7 Å². The summed E-state index contributed by atoms with van der Waals surface area (Å²) in [5.41, 5.74) is 0. The molecule has 1 N–H and O–H groups in total. The highest BCUT2D eigenvalue weighted by Crippen LogP contribution is 2.09. The largest absolute Gasteiger partial charge is 0.481 e. The Labute approximate surface area is 119 Å². The molecule has 2 nitrogen and oxygen atoms in total. The van der Waals surface area contributed by atoms with Crippen molar-refractivity contribution in [3.8, 4) is 11.8 Å². The summed E-state index contributed by atoms with van der Waals surface area (Å²) in [5.74, 6) is 5.41. The molecule has 0 aliphatic carbocycles. The molecule has 0 saturated heterocycles. The molecule has 1 unspecified atom stereocenters. The molecule has 0 amide bonds. The summed E-state index contributed by atoms with van der Waals surface area (Å²) >= 11 is 0. The zero-order valence-corrected chi connectivity index (χ0v) is 12.7. The van der Waals surface area contributed by atoms with Crippen LogP contribution in [0.5, 0.6) is 0 Å². The Morgan fingerprint density at radius 3 is 2.05 bits per heavy atom. The van der Waals surface area contributed by atoms with Gasteiger partial charge in [0.05, 0.1) is 5.92 Å². The molecule has 0 rings (SSSR count). The number of hydrogen-bond donors (Lipinski definition) is 1. The molecule has 0 saturated carbocycles. The Morgan fingerprint density at radius 2 is 1.47 bits per heavy atom. The summed E-state index contributed by atoms with van der Waals surface area (Å²) < 4.78 is 0. The van der Waals surface area contributed by atoms with Crippen molar-refractivity contribution in [2.24, 2.45) is 5.92 Å². The van der Waals surface area contributed by atoms with Crippen LogP contribution in [0.15, 0.2) is 0 Å².